The largest absolute Gasteiger partial charge is 0.483 e. The molecule has 0 radical (unpaired) electrons. The number of aromatic nitrogens is 2. The van der Waals surface area contributed by atoms with E-state index in [1.165, 1.54) is 34.1 Å². The molecule has 2 amide bonds. The van der Waals surface area contributed by atoms with Gasteiger partial charge in [0, 0.05) is 13.5 Å². The van der Waals surface area contributed by atoms with E-state index in [9.17, 15) is 14.3 Å². The van der Waals surface area contributed by atoms with Crippen LogP contribution in [-0.4, -0.2) is 46.1 Å². The summed E-state index contributed by atoms with van der Waals surface area (Å²) < 4.78 is 18.9. The molecule has 25 heavy (non-hydrogen) atoms. The zero-order chi connectivity index (χ0) is 18.0. The molecule has 0 saturated carbocycles. The van der Waals surface area contributed by atoms with E-state index in [0.29, 0.717) is 22.3 Å². The van der Waals surface area contributed by atoms with E-state index in [4.69, 9.17) is 4.74 Å². The fraction of sp³-hybridized carbons (Fsp3) is 0.312. The molecule has 9 heteroatoms. The second-order valence-electron chi connectivity index (χ2n) is 5.52. The van der Waals surface area contributed by atoms with Crippen molar-refractivity contribution in [1.82, 2.24) is 15.1 Å². The Morgan fingerprint density at radius 3 is 2.80 bits per heavy atom. The number of ether oxygens (including phenoxy) is 1. The van der Waals surface area contributed by atoms with Crippen LogP contribution < -0.4 is 9.64 Å². The van der Waals surface area contributed by atoms with Gasteiger partial charge in [-0.2, -0.15) is 0 Å². The molecule has 1 aliphatic heterocycles. The van der Waals surface area contributed by atoms with Gasteiger partial charge < -0.3 is 14.7 Å². The summed E-state index contributed by atoms with van der Waals surface area (Å²) in [6.45, 7) is 3.91. The summed E-state index contributed by atoms with van der Waals surface area (Å²) in [5, 5.41) is 18.9. The van der Waals surface area contributed by atoms with Gasteiger partial charge in [0.15, 0.2) is 17.3 Å². The van der Waals surface area contributed by atoms with Crippen molar-refractivity contribution in [3.63, 3.8) is 0 Å². The fourth-order valence-corrected chi connectivity index (χ4v) is 3.33. The molecule has 1 fully saturated rings. The van der Waals surface area contributed by atoms with Gasteiger partial charge in [-0.3, -0.25) is 0 Å². The normalized spacial score (nSPS) is 18.5. The van der Waals surface area contributed by atoms with Gasteiger partial charge in [0.2, 0.25) is 5.13 Å². The molecule has 1 N–H and O–H groups in total. The van der Waals surface area contributed by atoms with Gasteiger partial charge in [-0.1, -0.05) is 17.4 Å². The van der Waals surface area contributed by atoms with Crippen LogP contribution in [0, 0.1) is 5.82 Å². The highest BCUT2D eigenvalue weighted by atomic mass is 32.1. The minimum Gasteiger partial charge on any atom is -0.483 e. The van der Waals surface area contributed by atoms with Crippen LogP contribution in [0.2, 0.25) is 0 Å². The van der Waals surface area contributed by atoms with Crippen LogP contribution >= 0.6 is 11.3 Å². The number of amides is 2. The predicted molar refractivity (Wildman–Crippen MR) is 91.0 cm³/mol. The summed E-state index contributed by atoms with van der Waals surface area (Å²) in [6, 6.07) is 5.32. The van der Waals surface area contributed by atoms with Gasteiger partial charge in [-0.15, -0.1) is 16.8 Å². The number of rotatable bonds is 6. The zero-order valence-electron chi connectivity index (χ0n) is 13.5. The van der Waals surface area contributed by atoms with Crippen LogP contribution in [0.25, 0.3) is 0 Å². The Labute approximate surface area is 148 Å². The van der Waals surface area contributed by atoms with Crippen molar-refractivity contribution in [3.05, 3.63) is 47.7 Å². The number of likely N-dealkylation sites (N-methyl/N-ethyl adjacent to an activating group) is 1. The third-order valence-electron chi connectivity index (χ3n) is 3.65. The first-order valence-electron chi connectivity index (χ1n) is 7.58. The third-order valence-corrected chi connectivity index (χ3v) is 4.67. The molecule has 1 saturated heterocycles. The maximum Gasteiger partial charge on any atom is 0.328 e. The Bertz CT molecular complexity index is 767. The van der Waals surface area contributed by atoms with Crippen LogP contribution in [0.1, 0.15) is 17.5 Å². The Hall–Kier alpha value is -2.52. The molecule has 0 aliphatic carbocycles. The molecule has 2 heterocycles. The number of nitrogens with zero attached hydrogens (tertiary/aromatic N) is 4. The van der Waals surface area contributed by atoms with Crippen molar-refractivity contribution in [2.45, 2.75) is 18.8 Å². The molecule has 7 nitrogen and oxygen atoms in total. The first kappa shape index (κ1) is 17.3. The molecule has 3 rings (SSSR count). The molecule has 1 aromatic carbocycles. The number of anilines is 1. The topological polar surface area (TPSA) is 78.8 Å². The lowest BCUT2D eigenvalue weighted by molar-refractivity contribution is 0.183. The van der Waals surface area contributed by atoms with Gasteiger partial charge in [0.05, 0.1) is 6.54 Å². The second-order valence-corrected chi connectivity index (χ2v) is 6.51. The molecule has 2 aromatic rings. The molecule has 132 valence electrons. The number of carbonyl (C=O) groups is 1. The number of aliphatic hydroxyl groups excluding tert-OH is 1. The quantitative estimate of drug-likeness (QED) is 0.797. The Kier molecular flexibility index (Phi) is 4.95. The number of hydrogen-bond donors (Lipinski definition) is 1. The van der Waals surface area contributed by atoms with Crippen molar-refractivity contribution in [2.24, 2.45) is 0 Å². The average molecular weight is 364 g/mol. The van der Waals surface area contributed by atoms with Gasteiger partial charge in [-0.25, -0.2) is 14.1 Å². The van der Waals surface area contributed by atoms with E-state index in [-0.39, 0.29) is 18.4 Å². The number of hydrogen-bond acceptors (Lipinski definition) is 6. The van der Waals surface area contributed by atoms with Gasteiger partial charge >= 0.3 is 6.03 Å². The highest BCUT2D eigenvalue weighted by Crippen LogP contribution is 2.33. The van der Waals surface area contributed by atoms with E-state index in [0.717, 1.165) is 11.3 Å². The lowest BCUT2D eigenvalue weighted by Crippen LogP contribution is -2.34. The summed E-state index contributed by atoms with van der Waals surface area (Å²) in [6.07, 6.45) is 0.706. The minimum atomic E-state index is -0.964. The molecule has 1 aromatic heterocycles. The summed E-state index contributed by atoms with van der Waals surface area (Å²) in [7, 11) is 1.60. The molecule has 2 atom stereocenters. The van der Waals surface area contributed by atoms with Crippen molar-refractivity contribution in [3.8, 4) is 5.75 Å². The number of β-amino-alcohol motifs (C(OH)–C–C–N with tert-alkyl or cyclic N) is 1. The Morgan fingerprint density at radius 1 is 1.48 bits per heavy atom. The van der Waals surface area contributed by atoms with Crippen molar-refractivity contribution >= 4 is 22.5 Å². The molecular formula is C16H17FN4O3S. The average Bonchev–Trinajstić information content (AvgIpc) is 3.14. The second kappa shape index (κ2) is 7.16. The molecule has 2 unspecified atom stereocenters. The van der Waals surface area contributed by atoms with Crippen LogP contribution in [0.4, 0.5) is 14.3 Å². The summed E-state index contributed by atoms with van der Waals surface area (Å²) in [5.41, 5.74) is 0. The molecule has 1 aliphatic rings. The van der Waals surface area contributed by atoms with Crippen LogP contribution in [-0.2, 0) is 0 Å². The maximum absolute atomic E-state index is 13.0. The Balaban J connectivity index is 1.81. The SMILES string of the molecule is C=CCC(Oc1ccc(F)cc1)c1nnc(N2C(=O)N(C)CC2O)s1. The van der Waals surface area contributed by atoms with Crippen molar-refractivity contribution in [2.75, 3.05) is 18.5 Å². The lowest BCUT2D eigenvalue weighted by atomic mass is 10.2. The number of benzene rings is 1. The lowest BCUT2D eigenvalue weighted by Gasteiger charge is -2.16. The van der Waals surface area contributed by atoms with E-state index in [1.807, 2.05) is 0 Å². The Morgan fingerprint density at radius 2 is 2.20 bits per heavy atom. The first-order valence-corrected chi connectivity index (χ1v) is 8.40. The van der Waals surface area contributed by atoms with E-state index in [2.05, 4.69) is 16.8 Å². The summed E-state index contributed by atoms with van der Waals surface area (Å²) in [5.74, 6) is 0.137. The van der Waals surface area contributed by atoms with Gasteiger partial charge in [0.1, 0.15) is 11.6 Å². The third kappa shape index (κ3) is 3.62. The van der Waals surface area contributed by atoms with Gasteiger partial charge in [0.25, 0.3) is 0 Å². The number of aliphatic hydroxyl groups is 1. The smallest absolute Gasteiger partial charge is 0.328 e. The highest BCUT2D eigenvalue weighted by Gasteiger charge is 2.37. The highest BCUT2D eigenvalue weighted by molar-refractivity contribution is 7.15. The number of carbonyl (C=O) groups excluding carboxylic acids is 1. The monoisotopic (exact) mass is 364 g/mol. The molecule has 0 spiro atoms. The van der Waals surface area contributed by atoms with Crippen molar-refractivity contribution < 1.29 is 19.0 Å². The minimum absolute atomic E-state index is 0.204. The van der Waals surface area contributed by atoms with E-state index in [1.54, 1.807) is 13.1 Å². The standard InChI is InChI=1S/C16H17FN4O3S/c1-3-4-12(24-11-7-5-10(17)6-8-11)14-18-19-15(25-14)21-13(22)9-20(2)16(21)23/h3,5-8,12-13,22H,1,4,9H2,2H3. The number of halogens is 1. The zero-order valence-corrected chi connectivity index (χ0v) is 14.3. The van der Waals surface area contributed by atoms with Crippen LogP contribution in [0.5, 0.6) is 5.75 Å². The van der Waals surface area contributed by atoms with Crippen LogP contribution in [0.3, 0.4) is 0 Å². The van der Waals surface area contributed by atoms with Crippen LogP contribution in [0.15, 0.2) is 36.9 Å². The first-order chi connectivity index (χ1) is 12.0. The summed E-state index contributed by atoms with van der Waals surface area (Å²) in [4.78, 5) is 14.7. The fourth-order valence-electron chi connectivity index (χ4n) is 2.41. The maximum atomic E-state index is 13.0. The van der Waals surface area contributed by atoms with E-state index < -0.39 is 12.3 Å². The summed E-state index contributed by atoms with van der Waals surface area (Å²) >= 11 is 1.16. The van der Waals surface area contributed by atoms with Gasteiger partial charge in [-0.05, 0) is 24.3 Å². The predicted octanol–water partition coefficient (Wildman–Crippen LogP) is 2.56. The van der Waals surface area contributed by atoms with Crippen molar-refractivity contribution in [1.29, 1.82) is 0 Å². The molecular weight excluding hydrogens is 347 g/mol. The number of urea groups is 1. The van der Waals surface area contributed by atoms with E-state index >= 15 is 0 Å². The molecule has 0 bridgehead atoms.